The molecule has 2 aromatic rings. The second-order valence-corrected chi connectivity index (χ2v) is 9.22. The molecule has 0 bridgehead atoms. The van der Waals surface area contributed by atoms with E-state index in [0.29, 0.717) is 15.9 Å². The number of thioether (sulfide) groups is 1. The van der Waals surface area contributed by atoms with Gasteiger partial charge in [0.1, 0.15) is 10.1 Å². The Kier molecular flexibility index (Phi) is 6.63. The molecule has 2 heterocycles. The Labute approximate surface area is 191 Å². The zero-order valence-corrected chi connectivity index (χ0v) is 19.0. The molecule has 156 valence electrons. The number of hydrogen-bond donors (Lipinski definition) is 0. The molecule has 2 saturated heterocycles. The first kappa shape index (κ1) is 21.2. The molecule has 8 heteroatoms. The van der Waals surface area contributed by atoms with Crippen molar-refractivity contribution < 1.29 is 9.53 Å². The number of carbonyl (C=O) groups is 1. The van der Waals surface area contributed by atoms with E-state index >= 15 is 0 Å². The highest BCUT2D eigenvalue weighted by Crippen LogP contribution is 2.33. The number of anilines is 1. The van der Waals surface area contributed by atoms with Crippen LogP contribution in [0.5, 0.6) is 5.75 Å². The largest absolute Gasteiger partial charge is 0.497 e. The standard InChI is InChI=1S/C22H22ClN3O2S2/c1-28-19-7-5-16(6-8-19)13-20-21(27)26(22(29)30-20)15-24-9-11-25(12-10-24)18-4-2-3-17(23)14-18/h2-8,13-14H,9-12,15H2,1H3. The lowest BCUT2D eigenvalue weighted by Crippen LogP contribution is -2.50. The fourth-order valence-corrected chi connectivity index (χ4v) is 4.92. The van der Waals surface area contributed by atoms with Crippen molar-refractivity contribution in [2.75, 3.05) is 44.9 Å². The zero-order chi connectivity index (χ0) is 21.1. The maximum atomic E-state index is 12.9. The number of nitrogens with zero attached hydrogens (tertiary/aromatic N) is 3. The van der Waals surface area contributed by atoms with Crippen LogP contribution in [0.1, 0.15) is 5.56 Å². The molecule has 4 rings (SSSR count). The van der Waals surface area contributed by atoms with Crippen LogP contribution in [-0.4, -0.2) is 60.0 Å². The normalized spacial score (nSPS) is 19.1. The van der Waals surface area contributed by atoms with E-state index in [9.17, 15) is 4.79 Å². The van der Waals surface area contributed by atoms with Gasteiger partial charge >= 0.3 is 0 Å². The summed E-state index contributed by atoms with van der Waals surface area (Å²) in [4.78, 5) is 19.8. The van der Waals surface area contributed by atoms with Crippen molar-refractivity contribution in [3.8, 4) is 5.75 Å². The smallest absolute Gasteiger partial charge is 0.267 e. The van der Waals surface area contributed by atoms with E-state index < -0.39 is 0 Å². The van der Waals surface area contributed by atoms with Crippen LogP contribution in [0.15, 0.2) is 53.4 Å². The van der Waals surface area contributed by atoms with Gasteiger partial charge in [0.2, 0.25) is 0 Å². The van der Waals surface area contributed by atoms with Crippen molar-refractivity contribution in [1.82, 2.24) is 9.80 Å². The summed E-state index contributed by atoms with van der Waals surface area (Å²) in [7, 11) is 1.63. The molecule has 1 amide bonds. The van der Waals surface area contributed by atoms with Crippen LogP contribution >= 0.6 is 35.6 Å². The number of methoxy groups -OCH3 is 1. The molecule has 0 spiro atoms. The van der Waals surface area contributed by atoms with Crippen LogP contribution in [0.2, 0.25) is 5.02 Å². The number of halogens is 1. The molecule has 0 unspecified atom stereocenters. The lowest BCUT2D eigenvalue weighted by molar-refractivity contribution is -0.123. The van der Waals surface area contributed by atoms with Crippen LogP contribution in [0.4, 0.5) is 5.69 Å². The quantitative estimate of drug-likeness (QED) is 0.489. The van der Waals surface area contributed by atoms with Crippen molar-refractivity contribution in [1.29, 1.82) is 0 Å². The van der Waals surface area contributed by atoms with Crippen LogP contribution in [-0.2, 0) is 4.79 Å². The molecule has 2 aliphatic rings. The second-order valence-electron chi connectivity index (χ2n) is 7.11. The molecule has 0 aromatic heterocycles. The molecule has 2 aromatic carbocycles. The predicted molar refractivity (Wildman–Crippen MR) is 128 cm³/mol. The summed E-state index contributed by atoms with van der Waals surface area (Å²) < 4.78 is 5.79. The summed E-state index contributed by atoms with van der Waals surface area (Å²) in [6.45, 7) is 4.02. The highest BCUT2D eigenvalue weighted by molar-refractivity contribution is 8.26. The molecule has 2 aliphatic heterocycles. The van der Waals surface area contributed by atoms with Gasteiger partial charge in [-0.15, -0.1) is 0 Å². The topological polar surface area (TPSA) is 36.0 Å². The van der Waals surface area contributed by atoms with Gasteiger partial charge in [0, 0.05) is 36.9 Å². The molecule has 2 fully saturated rings. The Morgan fingerprint density at radius 3 is 2.53 bits per heavy atom. The number of hydrogen-bond acceptors (Lipinski definition) is 6. The van der Waals surface area contributed by atoms with Gasteiger partial charge in [-0.1, -0.05) is 53.8 Å². The first-order chi connectivity index (χ1) is 14.5. The van der Waals surface area contributed by atoms with Crippen LogP contribution in [0.25, 0.3) is 6.08 Å². The highest BCUT2D eigenvalue weighted by atomic mass is 35.5. The van der Waals surface area contributed by atoms with Crippen molar-refractivity contribution in [3.05, 3.63) is 64.0 Å². The van der Waals surface area contributed by atoms with Crippen molar-refractivity contribution in [3.63, 3.8) is 0 Å². The molecule has 30 heavy (non-hydrogen) atoms. The van der Waals surface area contributed by atoms with E-state index in [-0.39, 0.29) is 5.91 Å². The molecule has 0 atom stereocenters. The number of benzene rings is 2. The van der Waals surface area contributed by atoms with Crippen LogP contribution in [0.3, 0.4) is 0 Å². The number of amides is 1. The number of rotatable bonds is 5. The van der Waals surface area contributed by atoms with Crippen molar-refractivity contribution >= 4 is 57.6 Å². The molecular weight excluding hydrogens is 438 g/mol. The fourth-order valence-electron chi connectivity index (χ4n) is 3.49. The number of piperazine rings is 1. The Morgan fingerprint density at radius 1 is 1.13 bits per heavy atom. The minimum Gasteiger partial charge on any atom is -0.497 e. The lowest BCUT2D eigenvalue weighted by atomic mass is 10.2. The van der Waals surface area contributed by atoms with E-state index in [0.717, 1.165) is 48.2 Å². The highest BCUT2D eigenvalue weighted by Gasteiger charge is 2.33. The molecule has 0 radical (unpaired) electrons. The first-order valence-electron chi connectivity index (χ1n) is 9.66. The lowest BCUT2D eigenvalue weighted by Gasteiger charge is -2.37. The van der Waals surface area contributed by atoms with Crippen molar-refractivity contribution in [2.45, 2.75) is 0 Å². The van der Waals surface area contributed by atoms with E-state index in [1.807, 2.05) is 48.5 Å². The minimum atomic E-state index is -0.0295. The molecule has 0 saturated carbocycles. The van der Waals surface area contributed by atoms with Crippen molar-refractivity contribution in [2.24, 2.45) is 0 Å². The summed E-state index contributed by atoms with van der Waals surface area (Å²) in [6, 6.07) is 15.5. The summed E-state index contributed by atoms with van der Waals surface area (Å²) >= 11 is 13.0. The molecule has 0 N–H and O–H groups in total. The summed E-state index contributed by atoms with van der Waals surface area (Å²) in [5.74, 6) is 0.759. The third-order valence-electron chi connectivity index (χ3n) is 5.17. The monoisotopic (exact) mass is 459 g/mol. The van der Waals surface area contributed by atoms with E-state index in [1.54, 1.807) is 12.0 Å². The summed E-state index contributed by atoms with van der Waals surface area (Å²) in [5, 5.41) is 0.746. The SMILES string of the molecule is COc1ccc(C=C2SC(=S)N(CN3CCN(c4cccc(Cl)c4)CC3)C2=O)cc1. The second kappa shape index (κ2) is 9.39. The Morgan fingerprint density at radius 2 is 1.87 bits per heavy atom. The van der Waals surface area contributed by atoms with Gasteiger partial charge < -0.3 is 9.64 Å². The Balaban J connectivity index is 1.36. The summed E-state index contributed by atoms with van der Waals surface area (Å²) in [6.07, 6.45) is 1.88. The van der Waals surface area contributed by atoms with Gasteiger partial charge in [-0.05, 0) is 42.0 Å². The number of ether oxygens (including phenoxy) is 1. The Bertz CT molecular complexity index is 973. The van der Waals surface area contributed by atoms with E-state index in [2.05, 4.69) is 15.9 Å². The Hall–Kier alpha value is -2.06. The van der Waals surface area contributed by atoms with Gasteiger partial charge in [0.15, 0.2) is 0 Å². The van der Waals surface area contributed by atoms with E-state index in [1.165, 1.54) is 11.8 Å². The van der Waals surface area contributed by atoms with Crippen LogP contribution in [0, 0.1) is 0 Å². The van der Waals surface area contributed by atoms with Gasteiger partial charge in [-0.3, -0.25) is 14.6 Å². The average molecular weight is 460 g/mol. The minimum absolute atomic E-state index is 0.0295. The third-order valence-corrected chi connectivity index (χ3v) is 6.79. The van der Waals surface area contributed by atoms with Gasteiger partial charge in [0.25, 0.3) is 5.91 Å². The van der Waals surface area contributed by atoms with Gasteiger partial charge in [-0.2, -0.15) is 0 Å². The predicted octanol–water partition coefficient (Wildman–Crippen LogP) is 4.33. The van der Waals surface area contributed by atoms with Crippen LogP contribution < -0.4 is 9.64 Å². The first-order valence-corrected chi connectivity index (χ1v) is 11.3. The molecular formula is C22H22ClN3O2S2. The molecule has 0 aliphatic carbocycles. The summed E-state index contributed by atoms with van der Waals surface area (Å²) in [5.41, 5.74) is 2.08. The molecule has 5 nitrogen and oxygen atoms in total. The maximum absolute atomic E-state index is 12.9. The average Bonchev–Trinajstić information content (AvgIpc) is 3.02. The number of carbonyl (C=O) groups excluding carboxylic acids is 1. The maximum Gasteiger partial charge on any atom is 0.267 e. The van der Waals surface area contributed by atoms with Gasteiger partial charge in [-0.25, -0.2) is 0 Å². The third kappa shape index (κ3) is 4.81. The van der Waals surface area contributed by atoms with E-state index in [4.69, 9.17) is 28.6 Å². The van der Waals surface area contributed by atoms with Gasteiger partial charge in [0.05, 0.1) is 18.7 Å². The fraction of sp³-hybridized carbons (Fsp3) is 0.273. The number of thiocarbonyl (C=S) groups is 1. The zero-order valence-electron chi connectivity index (χ0n) is 16.6.